The van der Waals surface area contributed by atoms with Crippen molar-refractivity contribution in [2.24, 2.45) is 0 Å². The maximum absolute atomic E-state index is 5.46. The van der Waals surface area contributed by atoms with E-state index >= 15 is 0 Å². The Morgan fingerprint density at radius 1 is 1.16 bits per heavy atom. The van der Waals surface area contributed by atoms with Crippen LogP contribution in [0.5, 0.6) is 0 Å². The molecule has 1 aliphatic rings. The molecule has 2 heterocycles. The highest BCUT2D eigenvalue weighted by molar-refractivity contribution is 5.14. The first-order chi connectivity index (χ1) is 12.2. The molecule has 0 saturated carbocycles. The summed E-state index contributed by atoms with van der Waals surface area (Å²) in [6.07, 6.45) is 0.797. The Bertz CT molecular complexity index is 625. The Morgan fingerprint density at radius 3 is 2.60 bits per heavy atom. The minimum Gasteiger partial charge on any atom is -0.379 e. The normalized spacial score (nSPS) is 17.1. The van der Waals surface area contributed by atoms with Crippen LogP contribution in [0.15, 0.2) is 34.9 Å². The Balaban J connectivity index is 1.68. The quantitative estimate of drug-likeness (QED) is 0.733. The largest absolute Gasteiger partial charge is 0.379 e. The van der Waals surface area contributed by atoms with Crippen molar-refractivity contribution >= 4 is 0 Å². The Morgan fingerprint density at radius 2 is 1.92 bits per heavy atom. The van der Waals surface area contributed by atoms with Crippen LogP contribution in [0, 0.1) is 0 Å². The SMILES string of the molecule is CCc1noc(CN(Cc2ccccc2)[C@H](C)CN2CCOCC2)n1. The van der Waals surface area contributed by atoms with Gasteiger partial charge < -0.3 is 9.26 Å². The highest BCUT2D eigenvalue weighted by Crippen LogP contribution is 2.14. The van der Waals surface area contributed by atoms with Crippen LogP contribution in [-0.2, 0) is 24.2 Å². The molecule has 0 radical (unpaired) electrons. The molecule has 1 aromatic heterocycles. The van der Waals surface area contributed by atoms with E-state index in [4.69, 9.17) is 9.26 Å². The Hall–Kier alpha value is -1.76. The monoisotopic (exact) mass is 344 g/mol. The van der Waals surface area contributed by atoms with E-state index in [1.807, 2.05) is 6.92 Å². The summed E-state index contributed by atoms with van der Waals surface area (Å²) in [5.41, 5.74) is 1.30. The fourth-order valence-corrected chi connectivity index (χ4v) is 3.13. The van der Waals surface area contributed by atoms with Crippen LogP contribution < -0.4 is 0 Å². The molecule has 1 aliphatic heterocycles. The summed E-state index contributed by atoms with van der Waals surface area (Å²) in [6.45, 7) is 10.5. The zero-order chi connectivity index (χ0) is 17.5. The predicted octanol–water partition coefficient (Wildman–Crippen LogP) is 2.35. The van der Waals surface area contributed by atoms with Crippen molar-refractivity contribution < 1.29 is 9.26 Å². The smallest absolute Gasteiger partial charge is 0.240 e. The molecule has 2 aromatic rings. The molecule has 136 valence electrons. The number of rotatable bonds is 8. The number of ether oxygens (including phenoxy) is 1. The second kappa shape index (κ2) is 9.08. The van der Waals surface area contributed by atoms with Gasteiger partial charge in [-0.3, -0.25) is 9.80 Å². The maximum atomic E-state index is 5.46. The van der Waals surface area contributed by atoms with Crippen LogP contribution in [0.2, 0.25) is 0 Å². The van der Waals surface area contributed by atoms with Gasteiger partial charge in [0.25, 0.3) is 0 Å². The van der Waals surface area contributed by atoms with Crippen molar-refractivity contribution in [3.05, 3.63) is 47.6 Å². The van der Waals surface area contributed by atoms with Crippen LogP contribution >= 0.6 is 0 Å². The molecule has 1 aromatic carbocycles. The molecule has 25 heavy (non-hydrogen) atoms. The summed E-state index contributed by atoms with van der Waals surface area (Å²) >= 11 is 0. The van der Waals surface area contributed by atoms with Crippen molar-refractivity contribution in [2.45, 2.75) is 39.4 Å². The minimum atomic E-state index is 0.385. The summed E-state index contributed by atoms with van der Waals surface area (Å²) in [4.78, 5) is 9.37. The molecule has 6 heteroatoms. The lowest BCUT2D eigenvalue weighted by Crippen LogP contribution is -2.45. The first-order valence-corrected chi connectivity index (χ1v) is 9.14. The summed E-state index contributed by atoms with van der Waals surface area (Å²) in [5, 5.41) is 4.03. The number of aromatic nitrogens is 2. The molecule has 0 aliphatic carbocycles. The summed E-state index contributed by atoms with van der Waals surface area (Å²) < 4.78 is 10.9. The third-order valence-corrected chi connectivity index (χ3v) is 4.64. The molecule has 1 fully saturated rings. The van der Waals surface area contributed by atoms with Gasteiger partial charge in [-0.05, 0) is 12.5 Å². The standard InChI is InChI=1S/C19H28N4O2/c1-3-18-20-19(25-21-18)15-23(14-17-7-5-4-6-8-17)16(2)13-22-9-11-24-12-10-22/h4-8,16H,3,9-15H2,1-2H3/t16-/m1/s1. The molecule has 1 atom stereocenters. The summed E-state index contributed by atoms with van der Waals surface area (Å²) in [6, 6.07) is 10.9. The van der Waals surface area contributed by atoms with E-state index in [0.29, 0.717) is 18.5 Å². The van der Waals surface area contributed by atoms with E-state index < -0.39 is 0 Å². The molecule has 0 bridgehead atoms. The van der Waals surface area contributed by atoms with Gasteiger partial charge in [0, 0.05) is 38.6 Å². The molecule has 3 rings (SSSR count). The van der Waals surface area contributed by atoms with E-state index in [2.05, 4.69) is 57.2 Å². The summed E-state index contributed by atoms with van der Waals surface area (Å²) in [7, 11) is 0. The third kappa shape index (κ3) is 5.36. The topological polar surface area (TPSA) is 54.6 Å². The van der Waals surface area contributed by atoms with Crippen molar-refractivity contribution in [3.63, 3.8) is 0 Å². The molecule has 0 amide bonds. The van der Waals surface area contributed by atoms with Crippen LogP contribution in [0.3, 0.4) is 0 Å². The predicted molar refractivity (Wildman–Crippen MR) is 96.1 cm³/mol. The van der Waals surface area contributed by atoms with Crippen LogP contribution in [0.4, 0.5) is 0 Å². The molecule has 6 nitrogen and oxygen atoms in total. The van der Waals surface area contributed by atoms with E-state index in [9.17, 15) is 0 Å². The third-order valence-electron chi connectivity index (χ3n) is 4.64. The zero-order valence-electron chi connectivity index (χ0n) is 15.2. The van der Waals surface area contributed by atoms with Gasteiger partial charge in [-0.15, -0.1) is 0 Å². The van der Waals surface area contributed by atoms with E-state index in [1.165, 1.54) is 5.56 Å². The van der Waals surface area contributed by atoms with E-state index in [1.54, 1.807) is 0 Å². The van der Waals surface area contributed by atoms with Gasteiger partial charge in [0.15, 0.2) is 5.82 Å². The second-order valence-corrected chi connectivity index (χ2v) is 6.61. The van der Waals surface area contributed by atoms with Gasteiger partial charge >= 0.3 is 0 Å². The lowest BCUT2D eigenvalue weighted by Gasteiger charge is -2.34. The lowest BCUT2D eigenvalue weighted by atomic mass is 10.1. The number of hydrogen-bond donors (Lipinski definition) is 0. The average Bonchev–Trinajstić information content (AvgIpc) is 3.10. The fourth-order valence-electron chi connectivity index (χ4n) is 3.13. The fraction of sp³-hybridized carbons (Fsp3) is 0.579. The Labute approximate surface area is 149 Å². The van der Waals surface area contributed by atoms with Crippen LogP contribution in [0.1, 0.15) is 31.1 Å². The van der Waals surface area contributed by atoms with Crippen molar-refractivity contribution in [1.29, 1.82) is 0 Å². The Kier molecular flexibility index (Phi) is 6.55. The van der Waals surface area contributed by atoms with Crippen LogP contribution in [-0.4, -0.2) is 58.8 Å². The number of morpholine rings is 1. The van der Waals surface area contributed by atoms with Gasteiger partial charge in [-0.1, -0.05) is 42.4 Å². The number of hydrogen-bond acceptors (Lipinski definition) is 6. The van der Waals surface area contributed by atoms with E-state index in [-0.39, 0.29) is 0 Å². The lowest BCUT2D eigenvalue weighted by molar-refractivity contribution is 0.0214. The van der Waals surface area contributed by atoms with Crippen molar-refractivity contribution in [3.8, 4) is 0 Å². The minimum absolute atomic E-state index is 0.385. The molecule has 0 spiro atoms. The van der Waals surface area contributed by atoms with Gasteiger partial charge in [-0.25, -0.2) is 0 Å². The highest BCUT2D eigenvalue weighted by Gasteiger charge is 2.21. The number of benzene rings is 1. The molecular weight excluding hydrogens is 316 g/mol. The number of nitrogens with zero attached hydrogens (tertiary/aromatic N) is 4. The number of aryl methyl sites for hydroxylation is 1. The molecule has 0 N–H and O–H groups in total. The van der Waals surface area contributed by atoms with Gasteiger partial charge in [0.2, 0.25) is 5.89 Å². The van der Waals surface area contributed by atoms with Crippen LogP contribution in [0.25, 0.3) is 0 Å². The molecule has 1 saturated heterocycles. The maximum Gasteiger partial charge on any atom is 0.240 e. The first kappa shape index (κ1) is 18.0. The highest BCUT2D eigenvalue weighted by atomic mass is 16.5. The average molecular weight is 344 g/mol. The van der Waals surface area contributed by atoms with Gasteiger partial charge in [-0.2, -0.15) is 4.98 Å². The first-order valence-electron chi connectivity index (χ1n) is 9.14. The van der Waals surface area contributed by atoms with Gasteiger partial charge in [0.1, 0.15) is 0 Å². The van der Waals surface area contributed by atoms with Crippen molar-refractivity contribution in [2.75, 3.05) is 32.8 Å². The second-order valence-electron chi connectivity index (χ2n) is 6.61. The molecular formula is C19H28N4O2. The van der Waals surface area contributed by atoms with Gasteiger partial charge in [0.05, 0.1) is 19.8 Å². The molecule has 0 unspecified atom stereocenters. The summed E-state index contributed by atoms with van der Waals surface area (Å²) in [5.74, 6) is 1.47. The van der Waals surface area contributed by atoms with Crippen molar-refractivity contribution in [1.82, 2.24) is 19.9 Å². The van der Waals surface area contributed by atoms with E-state index in [0.717, 1.165) is 51.6 Å². The zero-order valence-corrected chi connectivity index (χ0v) is 15.2.